The summed E-state index contributed by atoms with van der Waals surface area (Å²) >= 11 is 0. The lowest BCUT2D eigenvalue weighted by molar-refractivity contribution is -0.137. The molecule has 0 amide bonds. The summed E-state index contributed by atoms with van der Waals surface area (Å²) in [5.41, 5.74) is -1.27. The van der Waals surface area contributed by atoms with E-state index in [1.165, 1.54) is 173 Å². The minimum atomic E-state index is -1.27. The van der Waals surface area contributed by atoms with E-state index >= 15 is 0 Å². The third-order valence-corrected chi connectivity index (χ3v) is 9.08. The highest BCUT2D eigenvalue weighted by Crippen LogP contribution is 2.17. The zero-order chi connectivity index (χ0) is 32.8. The Morgan fingerprint density at radius 1 is 0.409 bits per heavy atom. The number of unbranched alkanes of at least 4 members (excludes halogenated alkanes) is 29. The van der Waals surface area contributed by atoms with Crippen LogP contribution in [0, 0.1) is 0 Å². The summed E-state index contributed by atoms with van der Waals surface area (Å²) in [6.45, 7) is 3.85. The zero-order valence-electron chi connectivity index (χ0n) is 29.9. The fourth-order valence-corrected chi connectivity index (χ4v) is 5.86. The normalized spacial score (nSPS) is 11.5. The van der Waals surface area contributed by atoms with Crippen molar-refractivity contribution in [1.82, 2.24) is 0 Å². The van der Waals surface area contributed by atoms with Gasteiger partial charge in [0.2, 0.25) is 0 Å². The minimum Gasteiger partial charge on any atom is -0.481 e. The predicted octanol–water partition coefficient (Wildman–Crippen LogP) is 11.7. The van der Waals surface area contributed by atoms with Crippen LogP contribution in [0.5, 0.6) is 0 Å². The van der Waals surface area contributed by atoms with Crippen molar-refractivity contribution in [2.45, 2.75) is 231 Å². The molecule has 0 aliphatic heterocycles. The van der Waals surface area contributed by atoms with Crippen molar-refractivity contribution in [3.63, 3.8) is 0 Å². The number of hydrogen-bond acceptors (Lipinski definition) is 4. The van der Waals surface area contributed by atoms with Crippen molar-refractivity contribution in [2.24, 2.45) is 0 Å². The fourth-order valence-electron chi connectivity index (χ4n) is 5.86. The number of carboxylic acids is 1. The van der Waals surface area contributed by atoms with Crippen molar-refractivity contribution < 1.29 is 25.2 Å². The monoisotopic (exact) mass is 629 g/mol. The lowest BCUT2D eigenvalue weighted by atomic mass is 9.97. The number of aliphatic hydroxyl groups is 3. The Hall–Kier alpha value is -0.650. The van der Waals surface area contributed by atoms with Crippen LogP contribution < -0.4 is 0 Å². The number of rotatable bonds is 35. The topological polar surface area (TPSA) is 98.0 Å². The standard InChI is InChI=1S/C21H44O3.C18H36O2/c1-2-3-4-5-6-7-8-9-10-11-12-13-14-15-16-17-18-21(24,19-22)20-23;1-2-3-4-5-6-7-8-9-10-11-12-13-14-15-16-17-18(19)20/h22-24H,2-20H2,1H3;2-17H2,1H3,(H,19,20). The first-order valence-electron chi connectivity index (χ1n) is 19.6. The summed E-state index contributed by atoms with van der Waals surface area (Å²) in [4.78, 5) is 10.3. The van der Waals surface area contributed by atoms with Crippen LogP contribution in [0.3, 0.4) is 0 Å². The second-order valence-corrected chi connectivity index (χ2v) is 13.7. The Balaban J connectivity index is 0. The van der Waals surface area contributed by atoms with Crippen LogP contribution in [-0.2, 0) is 4.79 Å². The molecule has 4 N–H and O–H groups in total. The molecule has 5 heteroatoms. The molecule has 0 saturated carbocycles. The summed E-state index contributed by atoms with van der Waals surface area (Å²) in [5, 5.41) is 36.3. The van der Waals surface area contributed by atoms with E-state index in [2.05, 4.69) is 13.8 Å². The molecular formula is C39H80O5. The lowest BCUT2D eigenvalue weighted by Gasteiger charge is -2.22. The number of aliphatic carboxylic acids is 1. The molecule has 0 fully saturated rings. The molecule has 0 saturated heterocycles. The van der Waals surface area contributed by atoms with Crippen LogP contribution in [0.4, 0.5) is 0 Å². The van der Waals surface area contributed by atoms with Gasteiger partial charge in [-0.1, -0.05) is 206 Å². The Bertz CT molecular complexity index is 535. The number of aliphatic hydroxyl groups excluding tert-OH is 2. The molecule has 0 rings (SSSR count). The molecule has 0 aromatic carbocycles. The molecule has 0 radical (unpaired) electrons. The first-order chi connectivity index (χ1) is 21.5. The Labute approximate surface area is 275 Å². The van der Waals surface area contributed by atoms with Gasteiger partial charge in [-0.25, -0.2) is 0 Å². The predicted molar refractivity (Wildman–Crippen MR) is 190 cm³/mol. The van der Waals surface area contributed by atoms with Crippen LogP contribution >= 0.6 is 0 Å². The Morgan fingerprint density at radius 3 is 0.864 bits per heavy atom. The SMILES string of the molecule is CCCCCCCCCCCCCCCCCC(=O)O.CCCCCCCCCCCCCCCCCCC(O)(CO)CO. The molecule has 0 aliphatic rings. The van der Waals surface area contributed by atoms with Crippen LogP contribution in [0.1, 0.15) is 226 Å². The first kappa shape index (κ1) is 45.5. The maximum Gasteiger partial charge on any atom is 0.303 e. The summed E-state index contributed by atoms with van der Waals surface area (Å²) < 4.78 is 0. The van der Waals surface area contributed by atoms with E-state index < -0.39 is 11.6 Å². The van der Waals surface area contributed by atoms with E-state index in [-0.39, 0.29) is 13.2 Å². The van der Waals surface area contributed by atoms with Gasteiger partial charge in [-0.05, 0) is 12.8 Å². The summed E-state index contributed by atoms with van der Waals surface area (Å²) in [6.07, 6.45) is 41.9. The molecule has 0 heterocycles. The van der Waals surface area contributed by atoms with Crippen LogP contribution in [-0.4, -0.2) is 45.2 Å². The first-order valence-corrected chi connectivity index (χ1v) is 19.6. The zero-order valence-corrected chi connectivity index (χ0v) is 29.9. The fraction of sp³-hybridized carbons (Fsp3) is 0.974. The van der Waals surface area contributed by atoms with Gasteiger partial charge < -0.3 is 20.4 Å². The van der Waals surface area contributed by atoms with Gasteiger partial charge in [-0.2, -0.15) is 0 Å². The van der Waals surface area contributed by atoms with Crippen LogP contribution in [0.15, 0.2) is 0 Å². The smallest absolute Gasteiger partial charge is 0.303 e. The van der Waals surface area contributed by atoms with Crippen molar-refractivity contribution in [3.05, 3.63) is 0 Å². The number of carbonyl (C=O) groups is 1. The van der Waals surface area contributed by atoms with Crippen molar-refractivity contribution >= 4 is 5.97 Å². The van der Waals surface area contributed by atoms with Gasteiger partial charge in [0.25, 0.3) is 0 Å². The molecule has 266 valence electrons. The number of carboxylic acid groups (broad SMARTS) is 1. The van der Waals surface area contributed by atoms with Crippen LogP contribution in [0.2, 0.25) is 0 Å². The van der Waals surface area contributed by atoms with Crippen molar-refractivity contribution in [1.29, 1.82) is 0 Å². The Morgan fingerprint density at radius 2 is 0.636 bits per heavy atom. The molecule has 0 unspecified atom stereocenters. The molecular weight excluding hydrogens is 548 g/mol. The average Bonchev–Trinajstić information content (AvgIpc) is 3.02. The molecule has 0 spiro atoms. The van der Waals surface area contributed by atoms with E-state index in [1.54, 1.807) is 0 Å². The van der Waals surface area contributed by atoms with Gasteiger partial charge >= 0.3 is 5.97 Å². The van der Waals surface area contributed by atoms with Gasteiger partial charge in [0.1, 0.15) is 5.60 Å². The highest BCUT2D eigenvalue weighted by molar-refractivity contribution is 5.66. The quantitative estimate of drug-likeness (QED) is 0.0523. The summed E-state index contributed by atoms with van der Waals surface area (Å²) in [5.74, 6) is -0.653. The maximum absolute atomic E-state index is 10.3. The Kier molecular flexibility index (Phi) is 39.8. The van der Waals surface area contributed by atoms with E-state index in [0.717, 1.165) is 25.7 Å². The van der Waals surface area contributed by atoms with Crippen molar-refractivity contribution in [2.75, 3.05) is 13.2 Å². The van der Waals surface area contributed by atoms with Gasteiger partial charge in [0, 0.05) is 6.42 Å². The van der Waals surface area contributed by atoms with Gasteiger partial charge in [-0.3, -0.25) is 4.79 Å². The molecule has 0 aromatic heterocycles. The van der Waals surface area contributed by atoms with Gasteiger partial charge in [0.15, 0.2) is 0 Å². The molecule has 5 nitrogen and oxygen atoms in total. The third-order valence-electron chi connectivity index (χ3n) is 9.08. The molecule has 0 atom stereocenters. The molecule has 0 bridgehead atoms. The minimum absolute atomic E-state index is 0.345. The van der Waals surface area contributed by atoms with E-state index in [4.69, 9.17) is 15.3 Å². The van der Waals surface area contributed by atoms with E-state index in [9.17, 15) is 9.90 Å². The molecule has 44 heavy (non-hydrogen) atoms. The largest absolute Gasteiger partial charge is 0.481 e. The maximum atomic E-state index is 10.3. The van der Waals surface area contributed by atoms with Crippen LogP contribution in [0.25, 0.3) is 0 Å². The summed E-state index contributed by atoms with van der Waals surface area (Å²) in [6, 6.07) is 0. The van der Waals surface area contributed by atoms with Gasteiger partial charge in [-0.15, -0.1) is 0 Å². The van der Waals surface area contributed by atoms with E-state index in [1.807, 2.05) is 0 Å². The molecule has 0 aromatic rings. The highest BCUT2D eigenvalue weighted by Gasteiger charge is 2.23. The van der Waals surface area contributed by atoms with Crippen molar-refractivity contribution in [3.8, 4) is 0 Å². The van der Waals surface area contributed by atoms with Gasteiger partial charge in [0.05, 0.1) is 13.2 Å². The second kappa shape index (κ2) is 38.5. The average molecular weight is 629 g/mol. The van der Waals surface area contributed by atoms with E-state index in [0.29, 0.717) is 12.8 Å². The molecule has 0 aliphatic carbocycles. The third kappa shape index (κ3) is 39.4. The second-order valence-electron chi connectivity index (χ2n) is 13.7. The highest BCUT2D eigenvalue weighted by atomic mass is 16.4. The number of hydrogen-bond donors (Lipinski definition) is 4. The summed E-state index contributed by atoms with van der Waals surface area (Å²) in [7, 11) is 0. The lowest BCUT2D eigenvalue weighted by Crippen LogP contribution is -2.37.